The van der Waals surface area contributed by atoms with E-state index in [1.54, 1.807) is 22.3 Å². The Kier molecular flexibility index (Phi) is 5.82. The number of carbonyl (C=O) groups excluding carboxylic acids is 2. The lowest BCUT2D eigenvalue weighted by molar-refractivity contribution is -0.917. The first-order chi connectivity index (χ1) is 14.1. The number of nitrogens with zero attached hydrogens (tertiary/aromatic N) is 2. The minimum atomic E-state index is -0.593. The monoisotopic (exact) mass is 413 g/mol. The highest BCUT2D eigenvalue weighted by atomic mass is 32.1. The van der Waals surface area contributed by atoms with E-state index < -0.39 is 11.7 Å². The first kappa shape index (κ1) is 19.5. The number of halogens is 1. The van der Waals surface area contributed by atoms with Gasteiger partial charge in [-0.25, -0.2) is 9.37 Å². The Hall–Kier alpha value is -2.84. The van der Waals surface area contributed by atoms with Crippen LogP contribution >= 0.6 is 11.3 Å². The Morgan fingerprint density at radius 2 is 1.83 bits per heavy atom. The van der Waals surface area contributed by atoms with Crippen LogP contribution in [0.25, 0.3) is 10.2 Å². The number of aromatic nitrogens is 1. The Balaban J connectivity index is 1.25. The van der Waals surface area contributed by atoms with Crippen LogP contribution in [0.15, 0.2) is 48.5 Å². The number of para-hydroxylation sites is 1. The van der Waals surface area contributed by atoms with E-state index in [0.717, 1.165) is 30.2 Å². The lowest BCUT2D eigenvalue weighted by Gasteiger charge is -2.31. The van der Waals surface area contributed by atoms with Crippen LogP contribution in [-0.2, 0) is 11.3 Å². The Bertz CT molecular complexity index is 997. The van der Waals surface area contributed by atoms with Crippen molar-refractivity contribution in [2.75, 3.05) is 32.7 Å². The number of nitrogens with one attached hydrogen (secondary N) is 2. The fourth-order valence-electron chi connectivity index (χ4n) is 3.47. The number of carbonyl (C=O) groups is 2. The third kappa shape index (κ3) is 4.60. The Labute approximate surface area is 172 Å². The minimum Gasteiger partial charge on any atom is -0.343 e. The summed E-state index contributed by atoms with van der Waals surface area (Å²) in [5, 5.41) is 3.63. The van der Waals surface area contributed by atoms with Gasteiger partial charge in [0.1, 0.15) is 17.4 Å². The molecule has 2 amide bonds. The molecule has 0 spiro atoms. The summed E-state index contributed by atoms with van der Waals surface area (Å²) in [6.07, 6.45) is 0. The number of amides is 2. The van der Waals surface area contributed by atoms with Crippen LogP contribution in [0, 0.1) is 5.82 Å². The van der Waals surface area contributed by atoms with Crippen LogP contribution in [0.1, 0.15) is 15.4 Å². The van der Waals surface area contributed by atoms with E-state index in [2.05, 4.69) is 16.4 Å². The second-order valence-electron chi connectivity index (χ2n) is 7.05. The summed E-state index contributed by atoms with van der Waals surface area (Å²) in [5.74, 6) is -1.31. The maximum atomic E-state index is 13.6. The van der Waals surface area contributed by atoms with Crippen molar-refractivity contribution < 1.29 is 18.9 Å². The highest BCUT2D eigenvalue weighted by Crippen LogP contribution is 2.20. The molecule has 0 atom stereocenters. The third-order valence-corrected chi connectivity index (χ3v) is 6.12. The zero-order chi connectivity index (χ0) is 20.2. The van der Waals surface area contributed by atoms with Crippen LogP contribution in [0.2, 0.25) is 0 Å². The van der Waals surface area contributed by atoms with Gasteiger partial charge in [-0.2, -0.15) is 0 Å². The summed E-state index contributed by atoms with van der Waals surface area (Å²) >= 11 is 1.72. The molecule has 3 aromatic rings. The molecule has 4 rings (SSSR count). The zero-order valence-corrected chi connectivity index (χ0v) is 16.7. The molecule has 1 aromatic heterocycles. The van der Waals surface area contributed by atoms with Crippen molar-refractivity contribution in [3.63, 3.8) is 0 Å². The summed E-state index contributed by atoms with van der Waals surface area (Å²) in [6.45, 7) is 3.67. The van der Waals surface area contributed by atoms with Gasteiger partial charge in [0, 0.05) is 0 Å². The average molecular weight is 413 g/mol. The third-order valence-electron chi connectivity index (χ3n) is 5.08. The standard InChI is InChI=1S/C21H21FN4O2S/c22-16-6-2-1-5-15(16)21(28)23-13-20(27)26-11-9-25(10-12-26)14-19-24-17-7-3-4-8-18(17)29-19/h1-8H,9-14H2,(H,23,28)/p+1. The van der Waals surface area contributed by atoms with E-state index in [0.29, 0.717) is 13.1 Å². The van der Waals surface area contributed by atoms with Gasteiger partial charge in [-0.1, -0.05) is 24.3 Å². The number of thiazole rings is 1. The fourth-order valence-corrected chi connectivity index (χ4v) is 4.51. The fraction of sp³-hybridized carbons (Fsp3) is 0.286. The molecule has 0 bridgehead atoms. The summed E-state index contributed by atoms with van der Waals surface area (Å²) in [6, 6.07) is 13.9. The molecule has 2 aromatic carbocycles. The van der Waals surface area contributed by atoms with Gasteiger partial charge in [0.15, 0.2) is 0 Å². The van der Waals surface area contributed by atoms with Crippen molar-refractivity contribution in [2.45, 2.75) is 6.54 Å². The van der Waals surface area contributed by atoms with E-state index >= 15 is 0 Å². The van der Waals surface area contributed by atoms with Gasteiger partial charge in [-0.05, 0) is 24.3 Å². The summed E-state index contributed by atoms with van der Waals surface area (Å²) < 4.78 is 14.8. The van der Waals surface area contributed by atoms with E-state index in [-0.39, 0.29) is 18.0 Å². The molecule has 6 nitrogen and oxygen atoms in total. The lowest BCUT2D eigenvalue weighted by Crippen LogP contribution is -3.13. The van der Waals surface area contributed by atoms with E-state index in [1.165, 1.54) is 27.8 Å². The molecule has 2 N–H and O–H groups in total. The molecule has 0 aliphatic carbocycles. The molecular weight excluding hydrogens is 391 g/mol. The zero-order valence-electron chi connectivity index (χ0n) is 15.9. The lowest BCUT2D eigenvalue weighted by atomic mass is 10.2. The van der Waals surface area contributed by atoms with Gasteiger partial charge >= 0.3 is 0 Å². The van der Waals surface area contributed by atoms with Crippen LogP contribution in [-0.4, -0.2) is 54.4 Å². The predicted molar refractivity (Wildman–Crippen MR) is 109 cm³/mol. The van der Waals surface area contributed by atoms with E-state index in [9.17, 15) is 14.0 Å². The maximum absolute atomic E-state index is 13.6. The van der Waals surface area contributed by atoms with Crippen molar-refractivity contribution in [3.8, 4) is 0 Å². The Morgan fingerprint density at radius 3 is 2.59 bits per heavy atom. The summed E-state index contributed by atoms with van der Waals surface area (Å²) in [5.41, 5.74) is 0.983. The van der Waals surface area contributed by atoms with Gasteiger partial charge < -0.3 is 15.1 Å². The van der Waals surface area contributed by atoms with Crippen molar-refractivity contribution in [3.05, 3.63) is 64.9 Å². The smallest absolute Gasteiger partial charge is 0.254 e. The van der Waals surface area contributed by atoms with E-state index in [1.807, 2.05) is 18.2 Å². The number of hydrogen-bond donors (Lipinski definition) is 2. The largest absolute Gasteiger partial charge is 0.343 e. The topological polar surface area (TPSA) is 66.7 Å². The normalized spacial score (nSPS) is 14.9. The second kappa shape index (κ2) is 8.67. The molecule has 150 valence electrons. The summed E-state index contributed by atoms with van der Waals surface area (Å²) in [4.78, 5) is 32.3. The minimum absolute atomic E-state index is 0.0506. The van der Waals surface area contributed by atoms with Gasteiger partial charge in [0.2, 0.25) is 5.91 Å². The van der Waals surface area contributed by atoms with Gasteiger partial charge in [-0.15, -0.1) is 11.3 Å². The molecule has 1 fully saturated rings. The average Bonchev–Trinajstić information content (AvgIpc) is 3.15. The van der Waals surface area contributed by atoms with Crippen LogP contribution in [0.5, 0.6) is 0 Å². The number of rotatable bonds is 5. The summed E-state index contributed by atoms with van der Waals surface area (Å²) in [7, 11) is 0. The van der Waals surface area contributed by atoms with Crippen molar-refractivity contribution >= 4 is 33.4 Å². The molecule has 0 saturated carbocycles. The molecule has 1 aliphatic rings. The molecule has 8 heteroatoms. The quantitative estimate of drug-likeness (QED) is 0.658. The molecule has 29 heavy (non-hydrogen) atoms. The second-order valence-corrected chi connectivity index (χ2v) is 8.16. The molecule has 0 radical (unpaired) electrons. The highest BCUT2D eigenvalue weighted by molar-refractivity contribution is 7.18. The molecular formula is C21H22FN4O2S+. The molecule has 1 aliphatic heterocycles. The van der Waals surface area contributed by atoms with Gasteiger partial charge in [0.25, 0.3) is 5.91 Å². The van der Waals surface area contributed by atoms with Crippen LogP contribution < -0.4 is 10.2 Å². The van der Waals surface area contributed by atoms with Crippen molar-refractivity contribution in [2.24, 2.45) is 0 Å². The highest BCUT2D eigenvalue weighted by Gasteiger charge is 2.25. The first-order valence-electron chi connectivity index (χ1n) is 9.58. The molecule has 2 heterocycles. The molecule has 1 saturated heterocycles. The first-order valence-corrected chi connectivity index (χ1v) is 10.4. The number of quaternary nitrogens is 1. The SMILES string of the molecule is O=C(NCC(=O)N1CC[NH+](Cc2nc3ccccc3s2)CC1)c1ccccc1F. The van der Waals surface area contributed by atoms with Gasteiger partial charge in [-0.3, -0.25) is 9.59 Å². The molecule has 0 unspecified atom stereocenters. The van der Waals surface area contributed by atoms with Crippen LogP contribution in [0.4, 0.5) is 4.39 Å². The number of piperazine rings is 1. The van der Waals surface area contributed by atoms with E-state index in [4.69, 9.17) is 0 Å². The Morgan fingerprint density at radius 1 is 1.10 bits per heavy atom. The number of fused-ring (bicyclic) bond motifs is 1. The van der Waals surface area contributed by atoms with Crippen LogP contribution in [0.3, 0.4) is 0 Å². The predicted octanol–water partition coefficient (Wildman–Crippen LogP) is 1.09. The number of hydrogen-bond acceptors (Lipinski definition) is 4. The maximum Gasteiger partial charge on any atom is 0.254 e. The van der Waals surface area contributed by atoms with Gasteiger partial charge in [0.05, 0.1) is 48.5 Å². The van der Waals surface area contributed by atoms with Crippen molar-refractivity contribution in [1.82, 2.24) is 15.2 Å². The number of benzene rings is 2. The van der Waals surface area contributed by atoms with Crippen molar-refractivity contribution in [1.29, 1.82) is 0 Å².